The van der Waals surface area contributed by atoms with Crippen molar-refractivity contribution in [3.8, 4) is 0 Å². The van der Waals surface area contributed by atoms with Crippen LogP contribution in [0.3, 0.4) is 0 Å². The summed E-state index contributed by atoms with van der Waals surface area (Å²) in [6, 6.07) is 9.99. The molecule has 1 fully saturated rings. The van der Waals surface area contributed by atoms with Gasteiger partial charge in [-0.05, 0) is 18.4 Å². The summed E-state index contributed by atoms with van der Waals surface area (Å²) in [4.78, 5) is 0. The van der Waals surface area contributed by atoms with Gasteiger partial charge in [0.1, 0.15) is 0 Å². The van der Waals surface area contributed by atoms with Gasteiger partial charge in [0, 0.05) is 27.8 Å². The summed E-state index contributed by atoms with van der Waals surface area (Å²) in [5.74, 6) is 0. The van der Waals surface area contributed by atoms with E-state index in [1.807, 2.05) is 30.3 Å². The lowest BCUT2D eigenvalue weighted by Crippen LogP contribution is -2.39. The fourth-order valence-corrected chi connectivity index (χ4v) is 2.49. The van der Waals surface area contributed by atoms with Crippen LogP contribution in [0.25, 0.3) is 0 Å². The molecule has 1 aliphatic rings. The number of aliphatic hydroxyl groups excluding tert-OH is 1. The SMILES string of the molecule is N=C1CCC(COP)N(P)C1.OCc1ccccc1. The van der Waals surface area contributed by atoms with E-state index in [0.717, 1.165) is 37.3 Å². The van der Waals surface area contributed by atoms with Crippen molar-refractivity contribution in [1.82, 2.24) is 4.67 Å². The second kappa shape index (κ2) is 9.52. The summed E-state index contributed by atoms with van der Waals surface area (Å²) in [6.45, 7) is 1.64. The van der Waals surface area contributed by atoms with Crippen molar-refractivity contribution in [2.45, 2.75) is 25.5 Å². The predicted molar refractivity (Wildman–Crippen MR) is 85.2 cm³/mol. The smallest absolute Gasteiger partial charge is 0.0681 e. The number of rotatable bonds is 3. The Morgan fingerprint density at radius 2 is 2.05 bits per heavy atom. The van der Waals surface area contributed by atoms with Crippen molar-refractivity contribution in [2.75, 3.05) is 13.2 Å². The van der Waals surface area contributed by atoms with Crippen LogP contribution in [0.1, 0.15) is 18.4 Å². The summed E-state index contributed by atoms with van der Waals surface area (Å²) < 4.78 is 7.07. The highest BCUT2D eigenvalue weighted by Gasteiger charge is 2.21. The lowest BCUT2D eigenvalue weighted by Gasteiger charge is -2.31. The minimum Gasteiger partial charge on any atom is -0.392 e. The van der Waals surface area contributed by atoms with E-state index >= 15 is 0 Å². The molecule has 0 bridgehead atoms. The monoisotopic (exact) mass is 300 g/mol. The van der Waals surface area contributed by atoms with E-state index in [1.54, 1.807) is 0 Å². The molecular weight excluding hydrogens is 278 g/mol. The van der Waals surface area contributed by atoms with Crippen LogP contribution >= 0.6 is 18.9 Å². The number of benzene rings is 1. The molecule has 1 saturated heterocycles. The molecule has 1 aromatic rings. The van der Waals surface area contributed by atoms with Crippen molar-refractivity contribution < 1.29 is 9.63 Å². The molecular formula is C13H22N2O2P2. The second-order valence-electron chi connectivity index (χ2n) is 4.45. The molecule has 2 N–H and O–H groups in total. The average Bonchev–Trinajstić information content (AvgIpc) is 2.44. The lowest BCUT2D eigenvalue weighted by molar-refractivity contribution is 0.231. The van der Waals surface area contributed by atoms with Crippen LogP contribution in [-0.2, 0) is 11.1 Å². The van der Waals surface area contributed by atoms with Crippen molar-refractivity contribution in [1.29, 1.82) is 5.41 Å². The number of piperidine rings is 1. The van der Waals surface area contributed by atoms with Gasteiger partial charge < -0.3 is 15.0 Å². The van der Waals surface area contributed by atoms with Crippen LogP contribution in [-0.4, -0.2) is 34.7 Å². The molecule has 1 heterocycles. The lowest BCUT2D eigenvalue weighted by atomic mass is 10.0. The fourth-order valence-electron chi connectivity index (χ4n) is 1.81. The molecule has 0 amide bonds. The highest BCUT2D eigenvalue weighted by Crippen LogP contribution is 2.19. The third-order valence-corrected chi connectivity index (χ3v) is 3.73. The predicted octanol–water partition coefficient (Wildman–Crippen LogP) is 2.25. The first-order valence-corrected chi connectivity index (χ1v) is 7.20. The van der Waals surface area contributed by atoms with Gasteiger partial charge in [0.15, 0.2) is 0 Å². The average molecular weight is 300 g/mol. The van der Waals surface area contributed by atoms with Crippen LogP contribution in [0, 0.1) is 5.41 Å². The van der Waals surface area contributed by atoms with E-state index in [9.17, 15) is 0 Å². The molecule has 106 valence electrons. The van der Waals surface area contributed by atoms with Crippen LogP contribution < -0.4 is 0 Å². The Balaban J connectivity index is 0.000000200. The zero-order valence-electron chi connectivity index (χ0n) is 11.0. The van der Waals surface area contributed by atoms with Gasteiger partial charge in [-0.1, -0.05) is 39.7 Å². The molecule has 0 aliphatic carbocycles. The van der Waals surface area contributed by atoms with Crippen LogP contribution in [0.5, 0.6) is 0 Å². The van der Waals surface area contributed by atoms with Crippen molar-refractivity contribution in [2.24, 2.45) is 0 Å². The number of hydrogen-bond donors (Lipinski definition) is 2. The zero-order valence-corrected chi connectivity index (χ0v) is 13.3. The molecule has 2 rings (SSSR count). The topological polar surface area (TPSA) is 56.5 Å². The molecule has 4 nitrogen and oxygen atoms in total. The summed E-state index contributed by atoms with van der Waals surface area (Å²) in [6.07, 6.45) is 1.96. The van der Waals surface area contributed by atoms with E-state index in [0.29, 0.717) is 6.04 Å². The van der Waals surface area contributed by atoms with E-state index in [1.165, 1.54) is 0 Å². The van der Waals surface area contributed by atoms with Gasteiger partial charge in [-0.25, -0.2) is 0 Å². The minimum absolute atomic E-state index is 0.140. The second-order valence-corrected chi connectivity index (χ2v) is 5.44. The maximum atomic E-state index is 8.54. The van der Waals surface area contributed by atoms with Crippen LogP contribution in [0.4, 0.5) is 0 Å². The largest absolute Gasteiger partial charge is 0.392 e. The van der Waals surface area contributed by atoms with E-state index in [2.05, 4.69) is 23.5 Å². The Morgan fingerprint density at radius 1 is 1.37 bits per heavy atom. The van der Waals surface area contributed by atoms with E-state index < -0.39 is 0 Å². The number of aliphatic hydroxyl groups is 1. The Kier molecular flexibility index (Phi) is 8.36. The molecule has 3 atom stereocenters. The summed E-state index contributed by atoms with van der Waals surface area (Å²) >= 11 is 0. The van der Waals surface area contributed by atoms with Gasteiger partial charge in [0.05, 0.1) is 13.2 Å². The van der Waals surface area contributed by atoms with Crippen molar-refractivity contribution in [3.63, 3.8) is 0 Å². The number of hydrogen-bond acceptors (Lipinski definition) is 4. The summed E-state index contributed by atoms with van der Waals surface area (Å²) in [7, 11) is 4.91. The van der Waals surface area contributed by atoms with Gasteiger partial charge in [-0.3, -0.25) is 4.67 Å². The van der Waals surface area contributed by atoms with Gasteiger partial charge >= 0.3 is 0 Å². The molecule has 1 aromatic carbocycles. The van der Waals surface area contributed by atoms with Gasteiger partial charge in [0.25, 0.3) is 0 Å². The maximum absolute atomic E-state index is 8.54. The quantitative estimate of drug-likeness (QED) is 0.842. The highest BCUT2D eigenvalue weighted by molar-refractivity contribution is 7.13. The van der Waals surface area contributed by atoms with Crippen LogP contribution in [0.15, 0.2) is 30.3 Å². The fraction of sp³-hybridized carbons (Fsp3) is 0.462. The standard InChI is InChI=1S/C7H8O.C6H14N2OP2/c8-6-7-4-2-1-3-5-7;7-5-1-2-6(4-9-11)8(10)3-5/h1-5,8H,6H2;6-7H,1-4,10-11H2. The molecule has 0 aromatic heterocycles. The summed E-state index contributed by atoms with van der Waals surface area (Å²) in [5, 5.41) is 16.0. The molecule has 0 saturated carbocycles. The maximum Gasteiger partial charge on any atom is 0.0681 e. The van der Waals surface area contributed by atoms with Gasteiger partial charge in [0.2, 0.25) is 0 Å². The minimum atomic E-state index is 0.140. The Labute approximate surface area is 119 Å². The highest BCUT2D eigenvalue weighted by atomic mass is 31.0. The van der Waals surface area contributed by atoms with Gasteiger partial charge in [-0.2, -0.15) is 0 Å². The van der Waals surface area contributed by atoms with Crippen molar-refractivity contribution >= 4 is 24.6 Å². The summed E-state index contributed by atoms with van der Waals surface area (Å²) in [5.41, 5.74) is 1.78. The van der Waals surface area contributed by atoms with Gasteiger partial charge in [-0.15, -0.1) is 0 Å². The molecule has 0 spiro atoms. The van der Waals surface area contributed by atoms with Crippen LogP contribution in [0.2, 0.25) is 0 Å². The van der Waals surface area contributed by atoms with E-state index in [-0.39, 0.29) is 6.61 Å². The number of nitrogens with zero attached hydrogens (tertiary/aromatic N) is 1. The normalized spacial score (nSPS) is 19.7. The molecule has 3 unspecified atom stereocenters. The van der Waals surface area contributed by atoms with E-state index in [4.69, 9.17) is 15.0 Å². The first kappa shape index (κ1) is 16.7. The third kappa shape index (κ3) is 6.56. The molecule has 6 heteroatoms. The molecule has 19 heavy (non-hydrogen) atoms. The first-order valence-electron chi connectivity index (χ1n) is 6.21. The first-order chi connectivity index (χ1) is 9.17. The Morgan fingerprint density at radius 3 is 2.53 bits per heavy atom. The molecule has 0 radical (unpaired) electrons. The third-order valence-electron chi connectivity index (χ3n) is 2.94. The molecule has 1 aliphatic heterocycles. The van der Waals surface area contributed by atoms with Crippen molar-refractivity contribution in [3.05, 3.63) is 35.9 Å². The number of nitrogens with one attached hydrogen (secondary N) is 1. The Hall–Kier alpha value is -0.370. The Bertz CT molecular complexity index is 376. The zero-order chi connectivity index (χ0) is 14.1.